The summed E-state index contributed by atoms with van der Waals surface area (Å²) in [5.41, 5.74) is 0. The van der Waals surface area contributed by atoms with E-state index < -0.39 is 0 Å². The van der Waals surface area contributed by atoms with E-state index >= 15 is 0 Å². The van der Waals surface area contributed by atoms with Crippen molar-refractivity contribution < 1.29 is 9.53 Å². The van der Waals surface area contributed by atoms with Gasteiger partial charge >= 0.3 is 5.97 Å². The summed E-state index contributed by atoms with van der Waals surface area (Å²) in [4.78, 5) is 24.1. The highest BCUT2D eigenvalue weighted by Crippen LogP contribution is 2.17. The van der Waals surface area contributed by atoms with Gasteiger partial charge in [-0.25, -0.2) is 9.97 Å². The number of anilines is 1. The minimum Gasteiger partial charge on any atom is -0.469 e. The Morgan fingerprint density at radius 1 is 1.45 bits per heavy atom. The molecule has 6 nitrogen and oxygen atoms in total. The molecule has 0 N–H and O–H groups in total. The fraction of sp³-hybridized carbons (Fsp3) is 0.615. The first kappa shape index (κ1) is 15.0. The third-order valence-corrected chi connectivity index (χ3v) is 3.63. The normalized spacial score (nSPS) is 19.9. The number of piperazine rings is 1. The van der Waals surface area contributed by atoms with Crippen LogP contribution in [0.25, 0.3) is 0 Å². The number of hydrogen-bond acceptors (Lipinski definition) is 6. The fourth-order valence-corrected chi connectivity index (χ4v) is 2.44. The molecule has 0 amide bonds. The van der Waals surface area contributed by atoms with E-state index in [0.717, 1.165) is 26.2 Å². The van der Waals surface area contributed by atoms with Crippen molar-refractivity contribution in [2.24, 2.45) is 0 Å². The molecule has 1 atom stereocenters. The van der Waals surface area contributed by atoms with Crippen molar-refractivity contribution in [1.82, 2.24) is 14.9 Å². The van der Waals surface area contributed by atoms with E-state index in [2.05, 4.69) is 31.4 Å². The maximum absolute atomic E-state index is 11.2. The Balaban J connectivity index is 1.89. The number of carbonyl (C=O) groups excluding carboxylic acids is 1. The summed E-state index contributed by atoms with van der Waals surface area (Å²) in [6.07, 6.45) is 3.65. The van der Waals surface area contributed by atoms with Crippen LogP contribution in [0.1, 0.15) is 13.3 Å². The first-order valence-electron chi connectivity index (χ1n) is 6.63. The van der Waals surface area contributed by atoms with Gasteiger partial charge in [0.1, 0.15) is 0 Å². The zero-order valence-corrected chi connectivity index (χ0v) is 12.5. The van der Waals surface area contributed by atoms with Crippen molar-refractivity contribution in [3.63, 3.8) is 0 Å². The minimum absolute atomic E-state index is 0.166. The average molecular weight is 299 g/mol. The Hall–Kier alpha value is -1.40. The molecular weight excluding hydrogens is 280 g/mol. The number of ether oxygens (including phenoxy) is 1. The van der Waals surface area contributed by atoms with Crippen LogP contribution in [0, 0.1) is 0 Å². The molecular formula is C13H19ClN4O2. The Bertz CT molecular complexity index is 454. The first-order valence-corrected chi connectivity index (χ1v) is 7.01. The molecule has 20 heavy (non-hydrogen) atoms. The minimum atomic E-state index is -0.166. The molecule has 1 aromatic rings. The van der Waals surface area contributed by atoms with Gasteiger partial charge in [-0.3, -0.25) is 9.69 Å². The SMILES string of the molecule is COC(=O)CCN1CCN(c2ncc(Cl)cn2)[C@@H](C)C1. The van der Waals surface area contributed by atoms with Gasteiger partial charge in [0.25, 0.3) is 0 Å². The van der Waals surface area contributed by atoms with E-state index in [-0.39, 0.29) is 5.97 Å². The molecule has 2 rings (SSSR count). The van der Waals surface area contributed by atoms with Crippen LogP contribution in [0.2, 0.25) is 5.02 Å². The van der Waals surface area contributed by atoms with Crippen LogP contribution in [-0.4, -0.2) is 60.2 Å². The zero-order chi connectivity index (χ0) is 14.5. The number of hydrogen-bond donors (Lipinski definition) is 0. The van der Waals surface area contributed by atoms with Gasteiger partial charge < -0.3 is 9.64 Å². The highest BCUT2D eigenvalue weighted by molar-refractivity contribution is 6.30. The molecule has 110 valence electrons. The summed E-state index contributed by atoms with van der Waals surface area (Å²) in [6, 6.07) is 0.294. The third-order valence-electron chi connectivity index (χ3n) is 3.44. The largest absolute Gasteiger partial charge is 0.469 e. The van der Waals surface area contributed by atoms with Crippen LogP contribution in [0.3, 0.4) is 0 Å². The van der Waals surface area contributed by atoms with Gasteiger partial charge in [-0.15, -0.1) is 0 Å². The second-order valence-electron chi connectivity index (χ2n) is 4.87. The van der Waals surface area contributed by atoms with Crippen molar-refractivity contribution >= 4 is 23.5 Å². The molecule has 0 bridgehead atoms. The van der Waals surface area contributed by atoms with Gasteiger partial charge in [-0.1, -0.05) is 11.6 Å². The van der Waals surface area contributed by atoms with Crippen LogP contribution < -0.4 is 4.90 Å². The summed E-state index contributed by atoms with van der Waals surface area (Å²) >= 11 is 5.80. The van der Waals surface area contributed by atoms with Crippen LogP contribution in [0.4, 0.5) is 5.95 Å². The molecule has 2 heterocycles. The lowest BCUT2D eigenvalue weighted by molar-refractivity contribution is -0.141. The summed E-state index contributed by atoms with van der Waals surface area (Å²) in [7, 11) is 1.42. The monoisotopic (exact) mass is 298 g/mol. The predicted octanol–water partition coefficient (Wildman–Crippen LogP) is 1.20. The van der Waals surface area contributed by atoms with Crippen molar-refractivity contribution in [2.75, 3.05) is 38.2 Å². The molecule has 0 unspecified atom stereocenters. The molecule has 1 saturated heterocycles. The van der Waals surface area contributed by atoms with E-state index in [1.807, 2.05) is 0 Å². The molecule has 1 fully saturated rings. The van der Waals surface area contributed by atoms with Crippen molar-refractivity contribution in [2.45, 2.75) is 19.4 Å². The number of esters is 1. The number of rotatable bonds is 4. The Morgan fingerprint density at radius 2 is 2.15 bits per heavy atom. The number of methoxy groups -OCH3 is 1. The summed E-state index contributed by atoms with van der Waals surface area (Å²) < 4.78 is 4.66. The Kier molecular flexibility index (Phi) is 5.14. The maximum Gasteiger partial charge on any atom is 0.306 e. The van der Waals surface area contributed by atoms with Gasteiger partial charge in [-0.2, -0.15) is 0 Å². The van der Waals surface area contributed by atoms with E-state index in [1.54, 1.807) is 12.4 Å². The van der Waals surface area contributed by atoms with E-state index in [4.69, 9.17) is 11.6 Å². The lowest BCUT2D eigenvalue weighted by atomic mass is 10.2. The van der Waals surface area contributed by atoms with Crippen molar-refractivity contribution in [3.8, 4) is 0 Å². The maximum atomic E-state index is 11.2. The second kappa shape index (κ2) is 6.85. The molecule has 0 aromatic carbocycles. The molecule has 0 aliphatic carbocycles. The summed E-state index contributed by atoms with van der Waals surface area (Å²) in [5, 5.41) is 0.540. The molecule has 1 aromatic heterocycles. The predicted molar refractivity (Wildman–Crippen MR) is 76.9 cm³/mol. The Labute approximate surface area is 123 Å². The topological polar surface area (TPSA) is 58.6 Å². The molecule has 0 radical (unpaired) electrons. The van der Waals surface area contributed by atoms with E-state index in [1.165, 1.54) is 7.11 Å². The van der Waals surface area contributed by atoms with Crippen LogP contribution >= 0.6 is 11.6 Å². The lowest BCUT2D eigenvalue weighted by Gasteiger charge is -2.39. The number of carbonyl (C=O) groups is 1. The van der Waals surface area contributed by atoms with Gasteiger partial charge in [0.05, 0.1) is 30.9 Å². The zero-order valence-electron chi connectivity index (χ0n) is 11.8. The molecule has 0 spiro atoms. The van der Waals surface area contributed by atoms with Gasteiger partial charge in [-0.05, 0) is 6.92 Å². The van der Waals surface area contributed by atoms with E-state index in [9.17, 15) is 4.79 Å². The molecule has 1 aliphatic rings. The molecule has 0 saturated carbocycles. The average Bonchev–Trinajstić information content (AvgIpc) is 2.46. The summed E-state index contributed by atoms with van der Waals surface area (Å²) in [5.74, 6) is 0.538. The van der Waals surface area contributed by atoms with Crippen LogP contribution in [0.15, 0.2) is 12.4 Å². The van der Waals surface area contributed by atoms with Gasteiger partial charge in [0.15, 0.2) is 0 Å². The first-order chi connectivity index (χ1) is 9.60. The highest BCUT2D eigenvalue weighted by atomic mass is 35.5. The van der Waals surface area contributed by atoms with Crippen LogP contribution in [0.5, 0.6) is 0 Å². The summed E-state index contributed by atoms with van der Waals surface area (Å²) in [6.45, 7) is 5.45. The number of aromatic nitrogens is 2. The van der Waals surface area contributed by atoms with Gasteiger partial charge in [0.2, 0.25) is 5.95 Å². The second-order valence-corrected chi connectivity index (χ2v) is 5.31. The molecule has 7 heteroatoms. The number of nitrogens with zero attached hydrogens (tertiary/aromatic N) is 4. The smallest absolute Gasteiger partial charge is 0.306 e. The third kappa shape index (κ3) is 3.80. The molecule has 1 aliphatic heterocycles. The quantitative estimate of drug-likeness (QED) is 0.779. The van der Waals surface area contributed by atoms with Gasteiger partial charge in [0, 0.05) is 32.2 Å². The fourth-order valence-electron chi connectivity index (χ4n) is 2.34. The standard InChI is InChI=1S/C13H19ClN4O2/c1-10-9-17(4-3-12(19)20-2)5-6-18(10)13-15-7-11(14)8-16-13/h7-8,10H,3-6,9H2,1-2H3/t10-/m0/s1. The van der Waals surface area contributed by atoms with Crippen LogP contribution in [-0.2, 0) is 9.53 Å². The van der Waals surface area contributed by atoms with Crippen molar-refractivity contribution in [1.29, 1.82) is 0 Å². The Morgan fingerprint density at radius 3 is 2.75 bits per heavy atom. The number of halogens is 1. The lowest BCUT2D eigenvalue weighted by Crippen LogP contribution is -2.52. The van der Waals surface area contributed by atoms with E-state index in [0.29, 0.717) is 23.4 Å². The highest BCUT2D eigenvalue weighted by Gasteiger charge is 2.25. The van der Waals surface area contributed by atoms with Crippen molar-refractivity contribution in [3.05, 3.63) is 17.4 Å².